The van der Waals surface area contributed by atoms with E-state index in [4.69, 9.17) is 11.6 Å². The van der Waals surface area contributed by atoms with Crippen LogP contribution in [0.3, 0.4) is 0 Å². The summed E-state index contributed by atoms with van der Waals surface area (Å²) in [5.41, 5.74) is 3.03. The number of carbonyl (C=O) groups is 1. The number of aromatic amines is 1. The van der Waals surface area contributed by atoms with Crippen molar-refractivity contribution in [1.82, 2.24) is 15.2 Å². The molecule has 1 unspecified atom stereocenters. The minimum Gasteiger partial charge on any atom is -0.358 e. The van der Waals surface area contributed by atoms with Crippen LogP contribution in [0.5, 0.6) is 0 Å². The zero-order chi connectivity index (χ0) is 20.6. The molecule has 4 rings (SSSR count). The molecular weight excluding hydrogens is 403 g/mol. The van der Waals surface area contributed by atoms with Gasteiger partial charge >= 0.3 is 6.18 Å². The molecule has 2 heterocycles. The highest BCUT2D eigenvalue weighted by Crippen LogP contribution is 2.33. The highest BCUT2D eigenvalue weighted by atomic mass is 35.5. The van der Waals surface area contributed by atoms with Crippen LogP contribution in [0, 0.1) is 0 Å². The molecule has 152 valence electrons. The average Bonchev–Trinajstić information content (AvgIpc) is 3.05. The molecule has 2 N–H and O–H groups in total. The second kappa shape index (κ2) is 7.72. The van der Waals surface area contributed by atoms with Gasteiger partial charge in [-0.25, -0.2) is 0 Å². The van der Waals surface area contributed by atoms with E-state index < -0.39 is 18.8 Å². The Balaban J connectivity index is 1.48. The molecule has 0 bridgehead atoms. The summed E-state index contributed by atoms with van der Waals surface area (Å²) in [5.74, 6) is -0.364. The summed E-state index contributed by atoms with van der Waals surface area (Å²) >= 11 is 6.09. The Morgan fingerprint density at radius 1 is 1.21 bits per heavy atom. The van der Waals surface area contributed by atoms with Gasteiger partial charge in [0.15, 0.2) is 0 Å². The van der Waals surface area contributed by atoms with Crippen molar-refractivity contribution in [3.05, 3.63) is 70.4 Å². The number of amides is 1. The molecule has 8 heteroatoms. The van der Waals surface area contributed by atoms with Crippen LogP contribution in [0.25, 0.3) is 10.9 Å². The maximum Gasteiger partial charge on any atom is 0.407 e. The number of aromatic nitrogens is 1. The lowest BCUT2D eigenvalue weighted by molar-refractivity contribution is -0.159. The molecule has 0 aliphatic carbocycles. The quantitative estimate of drug-likeness (QED) is 0.647. The van der Waals surface area contributed by atoms with Crippen molar-refractivity contribution in [2.24, 2.45) is 0 Å². The number of fused-ring (bicyclic) bond motifs is 3. The molecule has 1 aliphatic rings. The van der Waals surface area contributed by atoms with Gasteiger partial charge in [-0.3, -0.25) is 10.1 Å². The molecule has 1 aromatic heterocycles. The van der Waals surface area contributed by atoms with Crippen molar-refractivity contribution >= 4 is 28.4 Å². The maximum absolute atomic E-state index is 13.5. The van der Waals surface area contributed by atoms with Gasteiger partial charge in [-0.05, 0) is 23.8 Å². The molecule has 1 atom stereocenters. The third-order valence-corrected chi connectivity index (χ3v) is 5.44. The monoisotopic (exact) mass is 421 g/mol. The normalized spacial score (nSPS) is 15.4. The second-order valence-electron chi connectivity index (χ2n) is 7.10. The summed E-state index contributed by atoms with van der Waals surface area (Å²) in [6.45, 7) is 0.409. The molecule has 29 heavy (non-hydrogen) atoms. The van der Waals surface area contributed by atoms with Gasteiger partial charge in [0.25, 0.3) is 0 Å². The number of rotatable bonds is 4. The van der Waals surface area contributed by atoms with Gasteiger partial charge in [0, 0.05) is 46.7 Å². The standard InChI is InChI=1S/C21H19ClF3N3O/c22-14-6-7-17-15(10-14)16-12-28(9-8-18(16)27-17)19(29)11-26-20(21(23,24)25)13-4-2-1-3-5-13/h1-7,10,20,26-27H,8-9,11-12H2. The molecular formula is C21H19ClF3N3O. The number of hydrogen-bond acceptors (Lipinski definition) is 2. The van der Waals surface area contributed by atoms with E-state index in [2.05, 4.69) is 10.3 Å². The van der Waals surface area contributed by atoms with Crippen LogP contribution in [0.1, 0.15) is 22.9 Å². The topological polar surface area (TPSA) is 48.1 Å². The van der Waals surface area contributed by atoms with E-state index in [1.54, 1.807) is 29.2 Å². The Morgan fingerprint density at radius 2 is 1.97 bits per heavy atom. The Kier molecular flexibility index (Phi) is 5.27. The highest BCUT2D eigenvalue weighted by molar-refractivity contribution is 6.31. The van der Waals surface area contributed by atoms with Crippen molar-refractivity contribution in [1.29, 1.82) is 0 Å². The largest absolute Gasteiger partial charge is 0.407 e. The SMILES string of the molecule is O=C(CNC(c1ccccc1)C(F)(F)F)N1CCc2[nH]c3ccc(Cl)cc3c2C1. The van der Waals surface area contributed by atoms with E-state index in [9.17, 15) is 18.0 Å². The van der Waals surface area contributed by atoms with Gasteiger partial charge < -0.3 is 9.88 Å². The predicted molar refractivity (Wildman–Crippen MR) is 106 cm³/mol. The van der Waals surface area contributed by atoms with Crippen LogP contribution < -0.4 is 5.32 Å². The van der Waals surface area contributed by atoms with Crippen LogP contribution in [0.15, 0.2) is 48.5 Å². The van der Waals surface area contributed by atoms with E-state index in [0.29, 0.717) is 24.5 Å². The first-order chi connectivity index (χ1) is 13.8. The third-order valence-electron chi connectivity index (χ3n) is 5.21. The Morgan fingerprint density at radius 3 is 2.69 bits per heavy atom. The number of carbonyl (C=O) groups excluding carboxylic acids is 1. The summed E-state index contributed by atoms with van der Waals surface area (Å²) in [7, 11) is 0. The minimum atomic E-state index is -4.50. The molecule has 1 amide bonds. The van der Waals surface area contributed by atoms with Crippen molar-refractivity contribution in [3.63, 3.8) is 0 Å². The Hall–Kier alpha value is -2.51. The van der Waals surface area contributed by atoms with Crippen LogP contribution in [0.4, 0.5) is 13.2 Å². The van der Waals surface area contributed by atoms with E-state index >= 15 is 0 Å². The fourth-order valence-electron chi connectivity index (χ4n) is 3.77. The highest BCUT2D eigenvalue weighted by Gasteiger charge is 2.41. The number of benzene rings is 2. The Bertz CT molecular complexity index is 1030. The zero-order valence-electron chi connectivity index (χ0n) is 15.4. The van der Waals surface area contributed by atoms with Gasteiger partial charge in [0.1, 0.15) is 6.04 Å². The average molecular weight is 422 g/mol. The number of H-pyrrole nitrogens is 1. The van der Waals surface area contributed by atoms with Crippen molar-refractivity contribution < 1.29 is 18.0 Å². The number of nitrogens with one attached hydrogen (secondary N) is 2. The van der Waals surface area contributed by atoms with E-state index in [1.165, 1.54) is 12.1 Å². The molecule has 3 aromatic rings. The Labute approximate surface area is 170 Å². The summed E-state index contributed by atoms with van der Waals surface area (Å²) in [4.78, 5) is 17.6. The van der Waals surface area contributed by atoms with Gasteiger partial charge in [-0.2, -0.15) is 13.2 Å². The third kappa shape index (κ3) is 4.11. The van der Waals surface area contributed by atoms with Gasteiger partial charge in [0.2, 0.25) is 5.91 Å². The fourth-order valence-corrected chi connectivity index (χ4v) is 3.94. The van der Waals surface area contributed by atoms with E-state index in [0.717, 1.165) is 22.2 Å². The van der Waals surface area contributed by atoms with Gasteiger partial charge in [-0.15, -0.1) is 0 Å². The number of alkyl halides is 3. The number of hydrogen-bond donors (Lipinski definition) is 2. The molecule has 4 nitrogen and oxygen atoms in total. The van der Waals surface area contributed by atoms with Crippen LogP contribution >= 0.6 is 11.6 Å². The lowest BCUT2D eigenvalue weighted by Gasteiger charge is -2.29. The number of nitrogens with zero attached hydrogens (tertiary/aromatic N) is 1. The maximum atomic E-state index is 13.5. The van der Waals surface area contributed by atoms with Crippen molar-refractivity contribution in [2.45, 2.75) is 25.2 Å². The number of halogens is 4. The first-order valence-electron chi connectivity index (χ1n) is 9.25. The summed E-state index contributed by atoms with van der Waals surface area (Å²) in [5, 5.41) is 3.93. The summed E-state index contributed by atoms with van der Waals surface area (Å²) < 4.78 is 40.4. The molecule has 0 spiro atoms. The van der Waals surface area contributed by atoms with E-state index in [1.807, 2.05) is 12.1 Å². The summed E-state index contributed by atoms with van der Waals surface area (Å²) in [6.07, 6.45) is -3.88. The lowest BCUT2D eigenvalue weighted by Crippen LogP contribution is -2.44. The molecule has 0 saturated carbocycles. The molecule has 0 fully saturated rings. The molecule has 0 saturated heterocycles. The second-order valence-corrected chi connectivity index (χ2v) is 7.54. The van der Waals surface area contributed by atoms with Crippen molar-refractivity contribution in [2.75, 3.05) is 13.1 Å². The van der Waals surface area contributed by atoms with Crippen molar-refractivity contribution in [3.8, 4) is 0 Å². The smallest absolute Gasteiger partial charge is 0.358 e. The predicted octanol–water partition coefficient (Wildman–Crippen LogP) is 4.60. The lowest BCUT2D eigenvalue weighted by atomic mass is 10.0. The van der Waals surface area contributed by atoms with Gasteiger partial charge in [0.05, 0.1) is 6.54 Å². The van der Waals surface area contributed by atoms with Gasteiger partial charge in [-0.1, -0.05) is 41.9 Å². The fraction of sp³-hybridized carbons (Fsp3) is 0.286. The molecule has 1 aliphatic heterocycles. The first-order valence-corrected chi connectivity index (χ1v) is 9.62. The van der Waals surface area contributed by atoms with Crippen LogP contribution in [0.2, 0.25) is 5.02 Å². The summed E-state index contributed by atoms with van der Waals surface area (Å²) in [6, 6.07) is 11.2. The zero-order valence-corrected chi connectivity index (χ0v) is 16.1. The minimum absolute atomic E-state index is 0.0833. The first kappa shape index (κ1) is 19.8. The van der Waals surface area contributed by atoms with Crippen LogP contribution in [-0.2, 0) is 17.8 Å². The molecule has 0 radical (unpaired) electrons. The van der Waals surface area contributed by atoms with Crippen LogP contribution in [-0.4, -0.2) is 35.1 Å². The molecule has 2 aromatic carbocycles. The van der Waals surface area contributed by atoms with E-state index in [-0.39, 0.29) is 11.5 Å².